The fraction of sp³-hybridized carbons (Fsp3) is 0.111. The van der Waals surface area contributed by atoms with Crippen molar-refractivity contribution >= 4 is 21.7 Å². The highest BCUT2D eigenvalue weighted by Crippen LogP contribution is 2.30. The first-order valence-electron chi connectivity index (χ1n) is 8.17. The molecule has 0 aliphatic rings. The fourth-order valence-corrected chi connectivity index (χ4v) is 3.72. The van der Waals surface area contributed by atoms with Crippen LogP contribution in [0.5, 0.6) is 0 Å². The number of carbonyl (C=O) groups excluding carboxylic acids is 1. The summed E-state index contributed by atoms with van der Waals surface area (Å²) in [4.78, 5) is 11.7. The molecule has 0 saturated heterocycles. The van der Waals surface area contributed by atoms with Crippen molar-refractivity contribution in [3.8, 4) is 5.69 Å². The third kappa shape index (κ3) is 4.93. The van der Waals surface area contributed by atoms with E-state index in [4.69, 9.17) is 5.73 Å². The molecule has 29 heavy (non-hydrogen) atoms. The van der Waals surface area contributed by atoms with E-state index in [1.54, 1.807) is 30.3 Å². The molecule has 0 saturated carbocycles. The number of halogens is 3. The van der Waals surface area contributed by atoms with Crippen molar-refractivity contribution in [1.82, 2.24) is 9.78 Å². The predicted octanol–water partition coefficient (Wildman–Crippen LogP) is 2.93. The Kier molecular flexibility index (Phi) is 5.33. The summed E-state index contributed by atoms with van der Waals surface area (Å²) >= 11 is 0. The van der Waals surface area contributed by atoms with Crippen molar-refractivity contribution in [1.29, 1.82) is 0 Å². The minimum atomic E-state index is -4.60. The van der Waals surface area contributed by atoms with Gasteiger partial charge in [-0.2, -0.15) is 13.2 Å². The molecular weight excluding hydrogens is 409 g/mol. The van der Waals surface area contributed by atoms with E-state index >= 15 is 0 Å². The number of primary amides is 1. The summed E-state index contributed by atoms with van der Waals surface area (Å²) in [6, 6.07) is 12.5. The van der Waals surface area contributed by atoms with Gasteiger partial charge in [-0.15, -0.1) is 5.10 Å². The highest BCUT2D eigenvalue weighted by atomic mass is 32.2. The predicted molar refractivity (Wildman–Crippen MR) is 99.8 cm³/mol. The van der Waals surface area contributed by atoms with E-state index in [2.05, 4.69) is 9.82 Å². The van der Waals surface area contributed by atoms with Crippen LogP contribution in [0.15, 0.2) is 60.8 Å². The zero-order chi connectivity index (χ0) is 21.2. The lowest BCUT2D eigenvalue weighted by atomic mass is 10.1. The second kappa shape index (κ2) is 7.59. The largest absolute Gasteiger partial charge is 0.416 e. The third-order valence-electron chi connectivity index (χ3n) is 3.86. The van der Waals surface area contributed by atoms with Gasteiger partial charge in [-0.1, -0.05) is 36.4 Å². The van der Waals surface area contributed by atoms with E-state index in [0.29, 0.717) is 5.69 Å². The number of nitrogens with zero attached hydrogens (tertiary/aromatic N) is 2. The second-order valence-corrected chi connectivity index (χ2v) is 7.82. The average molecular weight is 424 g/mol. The molecule has 3 aromatic rings. The van der Waals surface area contributed by atoms with Gasteiger partial charge in [-0.05, 0) is 23.8 Å². The summed E-state index contributed by atoms with van der Waals surface area (Å²) in [5.41, 5.74) is 4.63. The number of carbonyl (C=O) groups is 1. The van der Waals surface area contributed by atoms with E-state index in [1.165, 1.54) is 16.9 Å². The average Bonchev–Trinajstić information content (AvgIpc) is 3.05. The lowest BCUT2D eigenvalue weighted by Gasteiger charge is -2.10. The molecule has 0 spiro atoms. The van der Waals surface area contributed by atoms with Crippen molar-refractivity contribution in [2.75, 3.05) is 4.72 Å². The van der Waals surface area contributed by atoms with Crippen LogP contribution in [-0.4, -0.2) is 24.1 Å². The standard InChI is InChI=1S/C18H15F3N4O3S/c19-18(20,21)13-6-4-5-12(9-13)11-29(27,28)24-17-15(16(22)26)10-25(23-17)14-7-2-1-3-8-14/h1-10H,11H2,(H2,22,26)(H,23,24). The summed E-state index contributed by atoms with van der Waals surface area (Å²) in [7, 11) is -4.18. The van der Waals surface area contributed by atoms with Crippen LogP contribution in [0.2, 0.25) is 0 Å². The Bertz CT molecular complexity index is 1140. The maximum atomic E-state index is 12.8. The molecule has 0 fully saturated rings. The number of hydrogen-bond donors (Lipinski definition) is 2. The molecular formula is C18H15F3N4O3S. The zero-order valence-corrected chi connectivity index (χ0v) is 15.5. The molecule has 0 unspecified atom stereocenters. The first kappa shape index (κ1) is 20.4. The summed E-state index contributed by atoms with van der Waals surface area (Å²) in [6.45, 7) is 0. The molecule has 2 aromatic carbocycles. The van der Waals surface area contributed by atoms with Crippen molar-refractivity contribution in [3.05, 3.63) is 77.5 Å². The Morgan fingerprint density at radius 1 is 1.10 bits per heavy atom. The number of aromatic nitrogens is 2. The van der Waals surface area contributed by atoms with Crippen molar-refractivity contribution in [2.45, 2.75) is 11.9 Å². The van der Waals surface area contributed by atoms with Crippen LogP contribution in [0.3, 0.4) is 0 Å². The summed E-state index contributed by atoms with van der Waals surface area (Å²) < 4.78 is 66.8. The van der Waals surface area contributed by atoms with E-state index < -0.39 is 33.4 Å². The molecule has 0 radical (unpaired) electrons. The lowest BCUT2D eigenvalue weighted by Crippen LogP contribution is -2.19. The Balaban J connectivity index is 1.89. The molecule has 0 aliphatic carbocycles. The van der Waals surface area contributed by atoms with Crippen molar-refractivity contribution in [2.24, 2.45) is 5.73 Å². The fourth-order valence-electron chi connectivity index (χ4n) is 2.58. The Labute approximate surface area is 164 Å². The number of nitrogens with two attached hydrogens (primary N) is 1. The molecule has 11 heteroatoms. The number of para-hydroxylation sites is 1. The van der Waals surface area contributed by atoms with Crippen LogP contribution in [0.25, 0.3) is 5.69 Å². The van der Waals surface area contributed by atoms with Crippen LogP contribution in [0, 0.1) is 0 Å². The maximum Gasteiger partial charge on any atom is 0.416 e. The minimum Gasteiger partial charge on any atom is -0.365 e. The quantitative estimate of drug-likeness (QED) is 0.634. The summed E-state index contributed by atoms with van der Waals surface area (Å²) in [5.74, 6) is -1.97. The van der Waals surface area contributed by atoms with E-state index in [1.807, 2.05) is 0 Å². The van der Waals surface area contributed by atoms with E-state index in [0.717, 1.165) is 18.2 Å². The summed E-state index contributed by atoms with van der Waals surface area (Å²) in [6.07, 6.45) is -3.33. The molecule has 0 bridgehead atoms. The molecule has 3 N–H and O–H groups in total. The van der Waals surface area contributed by atoms with Crippen LogP contribution in [0.1, 0.15) is 21.5 Å². The monoisotopic (exact) mass is 424 g/mol. The van der Waals surface area contributed by atoms with Gasteiger partial charge in [0.1, 0.15) is 5.56 Å². The number of alkyl halides is 3. The second-order valence-electron chi connectivity index (χ2n) is 6.10. The SMILES string of the molecule is NC(=O)c1cn(-c2ccccc2)nc1NS(=O)(=O)Cc1cccc(C(F)(F)F)c1. The normalized spacial score (nSPS) is 12.0. The number of anilines is 1. The Morgan fingerprint density at radius 3 is 2.41 bits per heavy atom. The molecule has 1 heterocycles. The van der Waals surface area contributed by atoms with Gasteiger partial charge in [0.2, 0.25) is 10.0 Å². The number of hydrogen-bond acceptors (Lipinski definition) is 4. The van der Waals surface area contributed by atoms with Crippen molar-refractivity contribution < 1.29 is 26.4 Å². The minimum absolute atomic E-state index is 0.0737. The number of rotatable bonds is 6. The molecule has 0 aliphatic heterocycles. The summed E-state index contributed by atoms with van der Waals surface area (Å²) in [5, 5.41) is 4.03. The van der Waals surface area contributed by atoms with Gasteiger partial charge < -0.3 is 5.73 Å². The Hall–Kier alpha value is -3.34. The smallest absolute Gasteiger partial charge is 0.365 e. The highest BCUT2D eigenvalue weighted by molar-refractivity contribution is 7.91. The zero-order valence-electron chi connectivity index (χ0n) is 14.7. The highest BCUT2D eigenvalue weighted by Gasteiger charge is 2.31. The van der Waals surface area contributed by atoms with Crippen molar-refractivity contribution in [3.63, 3.8) is 0 Å². The molecule has 0 atom stereocenters. The number of sulfonamides is 1. The van der Waals surface area contributed by atoms with Crippen LogP contribution < -0.4 is 10.5 Å². The van der Waals surface area contributed by atoms with Crippen LogP contribution in [0.4, 0.5) is 19.0 Å². The van der Waals surface area contributed by atoms with Gasteiger partial charge in [-0.3, -0.25) is 9.52 Å². The first-order valence-corrected chi connectivity index (χ1v) is 9.82. The topological polar surface area (TPSA) is 107 Å². The van der Waals surface area contributed by atoms with E-state index in [-0.39, 0.29) is 16.9 Å². The maximum absolute atomic E-state index is 12.8. The van der Waals surface area contributed by atoms with Gasteiger partial charge in [0.05, 0.1) is 17.0 Å². The Morgan fingerprint density at radius 2 is 1.79 bits per heavy atom. The van der Waals surface area contributed by atoms with Gasteiger partial charge in [0.25, 0.3) is 5.91 Å². The van der Waals surface area contributed by atoms with Crippen LogP contribution >= 0.6 is 0 Å². The van der Waals surface area contributed by atoms with Gasteiger partial charge in [0.15, 0.2) is 5.82 Å². The number of nitrogens with one attached hydrogen (secondary N) is 1. The van der Waals surface area contributed by atoms with Crippen LogP contribution in [-0.2, 0) is 22.0 Å². The molecule has 1 amide bonds. The molecule has 1 aromatic heterocycles. The van der Waals surface area contributed by atoms with Gasteiger partial charge in [0, 0.05) is 6.20 Å². The van der Waals surface area contributed by atoms with Gasteiger partial charge >= 0.3 is 6.18 Å². The molecule has 3 rings (SSSR count). The third-order valence-corrected chi connectivity index (χ3v) is 5.08. The van der Waals surface area contributed by atoms with Gasteiger partial charge in [-0.25, -0.2) is 13.1 Å². The molecule has 7 nitrogen and oxygen atoms in total. The molecule has 152 valence electrons. The number of amides is 1. The van der Waals surface area contributed by atoms with E-state index in [9.17, 15) is 26.4 Å². The number of benzene rings is 2. The first-order chi connectivity index (χ1) is 13.5. The lowest BCUT2D eigenvalue weighted by molar-refractivity contribution is -0.137.